The predicted molar refractivity (Wildman–Crippen MR) is 180 cm³/mol. The molecule has 0 radical (unpaired) electrons. The van der Waals surface area contributed by atoms with E-state index in [1.165, 1.54) is 33.8 Å². The summed E-state index contributed by atoms with van der Waals surface area (Å²) in [4.78, 5) is 76.9. The van der Waals surface area contributed by atoms with Crippen molar-refractivity contribution in [2.75, 3.05) is 31.6 Å². The summed E-state index contributed by atoms with van der Waals surface area (Å²) in [5, 5.41) is 12.6. The Morgan fingerprint density at radius 1 is 1.04 bits per heavy atom. The Labute approximate surface area is 285 Å². The van der Waals surface area contributed by atoms with Crippen molar-refractivity contribution in [1.29, 1.82) is 0 Å². The summed E-state index contributed by atoms with van der Waals surface area (Å²) in [7, 11) is -4.19. The van der Waals surface area contributed by atoms with Crippen molar-refractivity contribution < 1.29 is 47.4 Å². The van der Waals surface area contributed by atoms with Gasteiger partial charge in [-0.15, -0.1) is 11.3 Å². The fourth-order valence-corrected chi connectivity index (χ4v) is 7.75. The van der Waals surface area contributed by atoms with Crippen LogP contribution in [0.4, 0.5) is 14.5 Å². The molecule has 16 heteroatoms. The van der Waals surface area contributed by atoms with Crippen molar-refractivity contribution >= 4 is 58.3 Å². The van der Waals surface area contributed by atoms with E-state index in [9.17, 15) is 37.6 Å². The molecular formula is C33H39F2N4O8PS. The lowest BCUT2D eigenvalue weighted by Crippen LogP contribution is -2.61. The highest BCUT2D eigenvalue weighted by Crippen LogP contribution is 2.59. The number of nitrogens with zero attached hydrogens (tertiary/aromatic N) is 3. The topological polar surface area (TPSA) is 168 Å². The van der Waals surface area contributed by atoms with Gasteiger partial charge in [-0.05, 0) is 60.5 Å². The van der Waals surface area contributed by atoms with Crippen LogP contribution in [0.5, 0.6) is 0 Å². The smallest absolute Gasteiger partial charge is 0.395 e. The molecule has 264 valence electrons. The molecule has 12 nitrogen and oxygen atoms in total. The highest BCUT2D eigenvalue weighted by Gasteiger charge is 2.50. The molecule has 2 saturated heterocycles. The van der Waals surface area contributed by atoms with Gasteiger partial charge in [0.2, 0.25) is 17.7 Å². The number of likely N-dealkylation sites (N-methyl/N-ethyl adjacent to an activating group) is 1. The van der Waals surface area contributed by atoms with Gasteiger partial charge in [-0.1, -0.05) is 32.0 Å². The number of alkyl halides is 2. The Morgan fingerprint density at radius 2 is 1.69 bits per heavy atom. The standard InChI is InChI=1S/C33H39F2N4O8PS/c1-19(41)38-14-13-24-10-11-26(31(44)37(4)23-8-5-21(6-9-23)32(2,3)18-40)39(24)30(43)25(17-38)36-29(42)28-16-20-15-22(7-12-27(20)49-28)33(34,35)48(45,46)47/h5-9,12,15-16,24-26,40H,10-11,13-14,17-18H2,1-4H3,(H,36,42)(H2,45,46,47)/t24-,25+,26+/m1/s1. The number of rotatable bonds is 8. The number of nitrogens with one attached hydrogen (secondary N) is 1. The van der Waals surface area contributed by atoms with Crippen LogP contribution in [0.2, 0.25) is 0 Å². The third-order valence-electron chi connectivity index (χ3n) is 9.44. The molecule has 0 bridgehead atoms. The summed E-state index contributed by atoms with van der Waals surface area (Å²) >= 11 is 0.938. The number of aliphatic hydroxyl groups excluding tert-OH is 1. The zero-order valence-corrected chi connectivity index (χ0v) is 29.1. The predicted octanol–water partition coefficient (Wildman–Crippen LogP) is 3.77. The number of benzene rings is 2. The van der Waals surface area contributed by atoms with Crippen LogP contribution in [0, 0.1) is 0 Å². The fraction of sp³-hybridized carbons (Fsp3) is 0.455. The van der Waals surface area contributed by atoms with Crippen molar-refractivity contribution in [1.82, 2.24) is 15.1 Å². The number of thiophene rings is 1. The van der Waals surface area contributed by atoms with Gasteiger partial charge in [0, 0.05) is 54.5 Å². The minimum Gasteiger partial charge on any atom is -0.395 e. The second-order valence-corrected chi connectivity index (χ2v) is 15.9. The highest BCUT2D eigenvalue weighted by atomic mass is 32.1. The molecule has 0 saturated carbocycles. The van der Waals surface area contributed by atoms with Gasteiger partial charge in [-0.2, -0.15) is 8.78 Å². The zero-order chi connectivity index (χ0) is 36.1. The van der Waals surface area contributed by atoms with Gasteiger partial charge in [0.05, 0.1) is 11.5 Å². The summed E-state index contributed by atoms with van der Waals surface area (Å²) in [6.45, 7) is 5.27. The first-order valence-electron chi connectivity index (χ1n) is 15.7. The Morgan fingerprint density at radius 3 is 2.31 bits per heavy atom. The number of aliphatic hydroxyl groups is 1. The second-order valence-electron chi connectivity index (χ2n) is 13.2. The molecule has 0 unspecified atom stereocenters. The molecule has 2 fully saturated rings. The minimum absolute atomic E-state index is 0.0500. The maximum atomic E-state index is 14.3. The number of hydrogen-bond acceptors (Lipinski definition) is 7. The molecule has 0 aliphatic carbocycles. The normalized spacial score (nSPS) is 20.5. The van der Waals surface area contributed by atoms with Gasteiger partial charge >= 0.3 is 13.3 Å². The van der Waals surface area contributed by atoms with Crippen LogP contribution in [-0.4, -0.2) is 93.2 Å². The third-order valence-corrected chi connectivity index (χ3v) is 11.5. The van der Waals surface area contributed by atoms with E-state index >= 15 is 0 Å². The van der Waals surface area contributed by atoms with Crippen molar-refractivity contribution in [3.63, 3.8) is 0 Å². The molecule has 2 aliphatic heterocycles. The molecule has 4 amide bonds. The van der Waals surface area contributed by atoms with Crippen LogP contribution in [0.15, 0.2) is 48.5 Å². The first kappa shape index (κ1) is 36.5. The molecule has 0 spiro atoms. The molecule has 5 rings (SSSR count). The molecule has 3 heterocycles. The lowest BCUT2D eigenvalue weighted by molar-refractivity contribution is -0.144. The minimum atomic E-state index is -5.81. The van der Waals surface area contributed by atoms with E-state index < -0.39 is 48.1 Å². The van der Waals surface area contributed by atoms with E-state index in [1.807, 2.05) is 26.0 Å². The summed E-state index contributed by atoms with van der Waals surface area (Å²) in [6, 6.07) is 9.15. The van der Waals surface area contributed by atoms with Gasteiger partial charge in [-0.3, -0.25) is 23.7 Å². The van der Waals surface area contributed by atoms with Crippen LogP contribution in [0.3, 0.4) is 0 Å². The lowest BCUT2D eigenvalue weighted by Gasteiger charge is -2.39. The SMILES string of the molecule is CC(=O)N1CC[C@H]2CC[C@@H](C(=O)N(C)c3ccc(C(C)(C)CO)cc3)N2C(=O)[C@@H](NC(=O)c2cc3cc(C(F)(F)P(=O)(O)O)ccc3s2)C1. The van der Waals surface area contributed by atoms with Gasteiger partial charge < -0.3 is 34.9 Å². The van der Waals surface area contributed by atoms with Crippen LogP contribution in [-0.2, 0) is 30.0 Å². The van der Waals surface area contributed by atoms with Crippen molar-refractivity contribution in [3.05, 3.63) is 64.5 Å². The summed E-state index contributed by atoms with van der Waals surface area (Å²) in [6.07, 6.45) is 1.35. The number of anilines is 1. The Hall–Kier alpha value is -3.75. The van der Waals surface area contributed by atoms with Crippen LogP contribution in [0.25, 0.3) is 10.1 Å². The molecule has 3 aromatic rings. The van der Waals surface area contributed by atoms with Crippen LogP contribution in [0.1, 0.15) is 60.8 Å². The average Bonchev–Trinajstić information content (AvgIpc) is 3.67. The molecule has 49 heavy (non-hydrogen) atoms. The molecule has 2 aromatic carbocycles. The van der Waals surface area contributed by atoms with Crippen molar-refractivity contribution in [3.8, 4) is 0 Å². The zero-order valence-electron chi connectivity index (χ0n) is 27.4. The molecule has 4 N–H and O–H groups in total. The summed E-state index contributed by atoms with van der Waals surface area (Å²) in [5.74, 6) is -1.85. The van der Waals surface area contributed by atoms with E-state index in [2.05, 4.69) is 5.32 Å². The average molecular weight is 721 g/mol. The van der Waals surface area contributed by atoms with Gasteiger partial charge in [0.25, 0.3) is 5.91 Å². The highest BCUT2D eigenvalue weighted by molar-refractivity contribution is 7.52. The van der Waals surface area contributed by atoms with E-state index in [1.54, 1.807) is 19.2 Å². The van der Waals surface area contributed by atoms with E-state index in [4.69, 9.17) is 9.79 Å². The number of fused-ring (bicyclic) bond motifs is 2. The lowest BCUT2D eigenvalue weighted by atomic mass is 9.85. The maximum Gasteiger partial charge on any atom is 0.399 e. The molecule has 2 aliphatic rings. The van der Waals surface area contributed by atoms with Crippen LogP contribution >= 0.6 is 18.9 Å². The Kier molecular flexibility index (Phi) is 10.1. The number of amides is 4. The van der Waals surface area contributed by atoms with Crippen LogP contribution < -0.4 is 10.2 Å². The largest absolute Gasteiger partial charge is 0.399 e. The first-order valence-corrected chi connectivity index (χ1v) is 18.1. The number of halogens is 2. The number of carbonyl (C=O) groups excluding carboxylic acids is 4. The molecule has 3 atom stereocenters. The van der Waals surface area contributed by atoms with E-state index in [-0.39, 0.29) is 41.3 Å². The third kappa shape index (κ3) is 7.13. The number of carbonyl (C=O) groups is 4. The maximum absolute atomic E-state index is 14.3. The first-order chi connectivity index (χ1) is 22.9. The monoisotopic (exact) mass is 720 g/mol. The van der Waals surface area contributed by atoms with Gasteiger partial charge in [0.1, 0.15) is 12.1 Å². The summed E-state index contributed by atoms with van der Waals surface area (Å²) in [5.41, 5.74) is -4.31. The fourth-order valence-electron chi connectivity index (χ4n) is 6.33. The summed E-state index contributed by atoms with van der Waals surface area (Å²) < 4.78 is 40.5. The van der Waals surface area contributed by atoms with E-state index in [0.29, 0.717) is 36.2 Å². The van der Waals surface area contributed by atoms with E-state index in [0.717, 1.165) is 29.0 Å². The Bertz CT molecular complexity index is 1830. The quantitative estimate of drug-likeness (QED) is 0.255. The Balaban J connectivity index is 1.39. The second kappa shape index (κ2) is 13.5. The molecular weight excluding hydrogens is 681 g/mol. The number of hydrogen-bond donors (Lipinski definition) is 4. The van der Waals surface area contributed by atoms with Gasteiger partial charge in [0.15, 0.2) is 0 Å². The van der Waals surface area contributed by atoms with Crippen molar-refractivity contribution in [2.45, 2.75) is 69.2 Å². The molecule has 1 aromatic heterocycles. The van der Waals surface area contributed by atoms with Crippen molar-refractivity contribution in [2.24, 2.45) is 0 Å². The van der Waals surface area contributed by atoms with Gasteiger partial charge in [-0.25, -0.2) is 0 Å².